The third-order valence-electron chi connectivity index (χ3n) is 5.73. The zero-order valence-electron chi connectivity index (χ0n) is 18.4. The lowest BCUT2D eigenvalue weighted by molar-refractivity contribution is -0.0518. The maximum absolute atomic E-state index is 10.5. The van der Waals surface area contributed by atoms with E-state index >= 15 is 0 Å². The summed E-state index contributed by atoms with van der Waals surface area (Å²) in [7, 11) is 0. The van der Waals surface area contributed by atoms with Gasteiger partial charge in [0.25, 0.3) is 6.02 Å². The molecule has 4 rings (SSSR count). The van der Waals surface area contributed by atoms with Gasteiger partial charge in [-0.3, -0.25) is 15.2 Å². The van der Waals surface area contributed by atoms with Crippen molar-refractivity contribution >= 4 is 11.8 Å². The summed E-state index contributed by atoms with van der Waals surface area (Å²) in [5.41, 5.74) is 1.60. The smallest absolute Gasteiger partial charge is 0.292 e. The molecule has 2 aliphatic heterocycles. The SMILES string of the molecule is CCCOC1=N[C@@H](NC(CO)Cc2ccccc2)c2ncn([C@@H]3O[C@H](CO)[C@@H](O)[C@H]3O)c2N1. The third-order valence-corrected chi connectivity index (χ3v) is 5.73. The molecule has 6 atom stereocenters. The molecule has 1 saturated heterocycles. The number of aliphatic hydroxyl groups is 4. The lowest BCUT2D eigenvalue weighted by atomic mass is 10.1. The van der Waals surface area contributed by atoms with Crippen molar-refractivity contribution in [2.24, 2.45) is 4.99 Å². The van der Waals surface area contributed by atoms with Crippen molar-refractivity contribution < 1.29 is 29.9 Å². The average molecular weight is 462 g/mol. The number of imidazole rings is 1. The Morgan fingerprint density at radius 2 is 2.00 bits per heavy atom. The molecule has 0 saturated carbocycles. The highest BCUT2D eigenvalue weighted by Gasteiger charge is 2.45. The van der Waals surface area contributed by atoms with Gasteiger partial charge >= 0.3 is 0 Å². The summed E-state index contributed by atoms with van der Waals surface area (Å²) in [4.78, 5) is 9.05. The highest BCUT2D eigenvalue weighted by Crippen LogP contribution is 2.36. The molecular formula is C22H31N5O6. The van der Waals surface area contributed by atoms with Crippen molar-refractivity contribution in [3.63, 3.8) is 0 Å². The Hall–Kier alpha value is -2.54. The zero-order chi connectivity index (χ0) is 23.4. The van der Waals surface area contributed by atoms with Gasteiger partial charge < -0.3 is 29.9 Å². The van der Waals surface area contributed by atoms with Crippen LogP contribution in [0.3, 0.4) is 0 Å². The Morgan fingerprint density at radius 3 is 2.67 bits per heavy atom. The number of benzene rings is 1. The summed E-state index contributed by atoms with van der Waals surface area (Å²) in [6.45, 7) is 1.90. The van der Waals surface area contributed by atoms with Crippen molar-refractivity contribution in [2.45, 2.75) is 56.5 Å². The molecule has 180 valence electrons. The van der Waals surface area contributed by atoms with Crippen LogP contribution in [0.15, 0.2) is 41.7 Å². The first-order chi connectivity index (χ1) is 16.0. The van der Waals surface area contributed by atoms with E-state index in [1.165, 1.54) is 6.33 Å². The standard InChI is InChI=1S/C22H31N5O6/c1-2-8-32-22-25-19(24-14(10-28)9-13-6-4-3-5-7-13)16-20(26-22)27(12-23-16)21-18(31)17(30)15(11-29)33-21/h3-7,12,14-15,17-19,21,24,28-31H,2,8-11H2,1H3,(H,25,26)/t14?,15-,17-,18-,19-,21-/m1/s1. The number of amidine groups is 1. The molecule has 1 unspecified atom stereocenters. The van der Waals surface area contributed by atoms with Crippen LogP contribution in [0.2, 0.25) is 0 Å². The fourth-order valence-electron chi connectivity index (χ4n) is 4.01. The Bertz CT molecular complexity index is 939. The Balaban J connectivity index is 1.59. The van der Waals surface area contributed by atoms with Crippen molar-refractivity contribution in [1.29, 1.82) is 0 Å². The van der Waals surface area contributed by atoms with E-state index in [9.17, 15) is 20.4 Å². The first-order valence-electron chi connectivity index (χ1n) is 11.1. The Morgan fingerprint density at radius 1 is 1.21 bits per heavy atom. The molecule has 3 heterocycles. The Kier molecular flexibility index (Phi) is 7.58. The maximum atomic E-state index is 10.5. The number of ether oxygens (including phenoxy) is 2. The van der Waals surface area contributed by atoms with Gasteiger partial charge in [-0.2, -0.15) is 0 Å². The van der Waals surface area contributed by atoms with E-state index in [0.29, 0.717) is 24.5 Å². The summed E-state index contributed by atoms with van der Waals surface area (Å²) in [5.74, 6) is 0.486. The molecular weight excluding hydrogens is 430 g/mol. The van der Waals surface area contributed by atoms with Gasteiger partial charge in [-0.15, -0.1) is 0 Å². The molecule has 6 N–H and O–H groups in total. The number of hydrogen-bond acceptors (Lipinski definition) is 10. The van der Waals surface area contributed by atoms with Crippen LogP contribution in [0.1, 0.15) is 37.0 Å². The number of aromatic nitrogens is 2. The average Bonchev–Trinajstić information content (AvgIpc) is 3.38. The first kappa shape index (κ1) is 23.6. The number of aliphatic hydroxyl groups excluding tert-OH is 4. The second-order valence-corrected chi connectivity index (χ2v) is 8.16. The van der Waals surface area contributed by atoms with Crippen LogP contribution in [0, 0.1) is 0 Å². The minimum atomic E-state index is -1.25. The number of anilines is 1. The second kappa shape index (κ2) is 10.6. The summed E-state index contributed by atoms with van der Waals surface area (Å²) < 4.78 is 13.0. The monoisotopic (exact) mass is 461 g/mol. The lowest BCUT2D eigenvalue weighted by Crippen LogP contribution is -2.40. The molecule has 0 aliphatic carbocycles. The normalized spacial score (nSPS) is 27.5. The van der Waals surface area contributed by atoms with E-state index in [-0.39, 0.29) is 18.7 Å². The molecule has 2 aromatic rings. The van der Waals surface area contributed by atoms with Gasteiger partial charge in [0.1, 0.15) is 29.8 Å². The predicted molar refractivity (Wildman–Crippen MR) is 119 cm³/mol. The van der Waals surface area contributed by atoms with Gasteiger partial charge in [0.15, 0.2) is 12.4 Å². The number of nitrogens with one attached hydrogen (secondary N) is 2. The van der Waals surface area contributed by atoms with Crippen molar-refractivity contribution in [1.82, 2.24) is 14.9 Å². The number of hydrogen-bond donors (Lipinski definition) is 6. The van der Waals surface area contributed by atoms with Crippen LogP contribution in [0.25, 0.3) is 0 Å². The van der Waals surface area contributed by atoms with E-state index in [0.717, 1.165) is 12.0 Å². The first-order valence-corrected chi connectivity index (χ1v) is 11.1. The largest absolute Gasteiger partial charge is 0.465 e. The van der Waals surface area contributed by atoms with Crippen LogP contribution in [0.4, 0.5) is 5.82 Å². The zero-order valence-corrected chi connectivity index (χ0v) is 18.4. The molecule has 33 heavy (non-hydrogen) atoms. The molecule has 0 spiro atoms. The van der Waals surface area contributed by atoms with Crippen LogP contribution < -0.4 is 10.6 Å². The molecule has 1 fully saturated rings. The van der Waals surface area contributed by atoms with Gasteiger partial charge in [0.05, 0.1) is 26.1 Å². The topological polar surface area (TPSA) is 154 Å². The van der Waals surface area contributed by atoms with Crippen molar-refractivity contribution in [2.75, 3.05) is 25.1 Å². The summed E-state index contributed by atoms with van der Waals surface area (Å²) in [5, 5.41) is 46.5. The van der Waals surface area contributed by atoms with E-state index in [1.54, 1.807) is 4.57 Å². The highest BCUT2D eigenvalue weighted by atomic mass is 16.6. The van der Waals surface area contributed by atoms with E-state index in [4.69, 9.17) is 9.47 Å². The van der Waals surface area contributed by atoms with Gasteiger partial charge in [-0.25, -0.2) is 9.98 Å². The van der Waals surface area contributed by atoms with Gasteiger partial charge in [0, 0.05) is 6.04 Å². The maximum Gasteiger partial charge on any atom is 0.292 e. The summed E-state index contributed by atoms with van der Waals surface area (Å²) in [6.07, 6.45) is -2.11. The van der Waals surface area contributed by atoms with Crippen LogP contribution >= 0.6 is 0 Å². The van der Waals surface area contributed by atoms with E-state index in [2.05, 4.69) is 20.6 Å². The number of aliphatic imine (C=N–C) groups is 1. The van der Waals surface area contributed by atoms with E-state index in [1.807, 2.05) is 37.3 Å². The van der Waals surface area contributed by atoms with Crippen molar-refractivity contribution in [3.8, 4) is 0 Å². The number of rotatable bonds is 9. The van der Waals surface area contributed by atoms with Crippen LogP contribution in [-0.4, -0.2) is 80.2 Å². The fraction of sp³-hybridized carbons (Fsp3) is 0.545. The summed E-state index contributed by atoms with van der Waals surface area (Å²) >= 11 is 0. The summed E-state index contributed by atoms with van der Waals surface area (Å²) in [6, 6.07) is 9.80. The highest BCUT2D eigenvalue weighted by molar-refractivity contribution is 5.90. The molecule has 1 aromatic heterocycles. The fourth-order valence-corrected chi connectivity index (χ4v) is 4.01. The minimum absolute atomic E-state index is 0.107. The number of fused-ring (bicyclic) bond motifs is 1. The minimum Gasteiger partial charge on any atom is -0.465 e. The molecule has 11 heteroatoms. The Labute approximate surface area is 191 Å². The lowest BCUT2D eigenvalue weighted by Gasteiger charge is -2.28. The molecule has 0 radical (unpaired) electrons. The predicted octanol–water partition coefficient (Wildman–Crippen LogP) is -0.105. The second-order valence-electron chi connectivity index (χ2n) is 8.16. The third kappa shape index (κ3) is 5.03. The van der Waals surface area contributed by atoms with Crippen molar-refractivity contribution in [3.05, 3.63) is 47.9 Å². The molecule has 0 bridgehead atoms. The molecule has 0 amide bonds. The van der Waals surface area contributed by atoms with Gasteiger partial charge in [-0.05, 0) is 18.4 Å². The van der Waals surface area contributed by atoms with Crippen LogP contribution in [0.5, 0.6) is 0 Å². The molecule has 2 aliphatic rings. The molecule has 1 aromatic carbocycles. The molecule has 11 nitrogen and oxygen atoms in total. The van der Waals surface area contributed by atoms with Crippen LogP contribution in [-0.2, 0) is 15.9 Å². The van der Waals surface area contributed by atoms with Gasteiger partial charge in [0.2, 0.25) is 0 Å². The van der Waals surface area contributed by atoms with Gasteiger partial charge in [-0.1, -0.05) is 37.3 Å². The number of nitrogens with zero attached hydrogens (tertiary/aromatic N) is 3. The van der Waals surface area contributed by atoms with E-state index < -0.39 is 37.3 Å². The quantitative estimate of drug-likeness (QED) is 0.300.